The maximum absolute atomic E-state index is 4.21. The fourth-order valence-electron chi connectivity index (χ4n) is 1.34. The zero-order valence-corrected chi connectivity index (χ0v) is 13.9. The van der Waals surface area contributed by atoms with Gasteiger partial charge in [-0.2, -0.15) is 0 Å². The van der Waals surface area contributed by atoms with Gasteiger partial charge in [-0.25, -0.2) is 0 Å². The van der Waals surface area contributed by atoms with Crippen molar-refractivity contribution in [2.24, 2.45) is 10.2 Å². The van der Waals surface area contributed by atoms with Crippen molar-refractivity contribution >= 4 is 33.6 Å². The van der Waals surface area contributed by atoms with E-state index < -0.39 is 0 Å². The molecule has 0 aliphatic rings. The Kier molecular flexibility index (Phi) is 11.0. The first kappa shape index (κ1) is 18.4. The summed E-state index contributed by atoms with van der Waals surface area (Å²) < 4.78 is 0. The van der Waals surface area contributed by atoms with Gasteiger partial charge in [0.05, 0.1) is 11.4 Å². The van der Waals surface area contributed by atoms with Gasteiger partial charge in [-0.1, -0.05) is 11.2 Å². The van der Waals surface area contributed by atoms with Crippen LogP contribution >= 0.6 is 10.1 Å². The molecule has 0 unspecified atom stereocenters. The van der Waals surface area contributed by atoms with Gasteiger partial charge < -0.3 is 4.90 Å². The second-order valence-corrected chi connectivity index (χ2v) is 3.94. The van der Waals surface area contributed by atoms with Gasteiger partial charge >= 0.3 is 30.4 Å². The first-order valence-corrected chi connectivity index (χ1v) is 7.60. The molecule has 0 bridgehead atoms. The van der Waals surface area contributed by atoms with E-state index in [0.29, 0.717) is 0 Å². The molecule has 1 heterocycles. The van der Waals surface area contributed by atoms with E-state index >= 15 is 0 Å². The standard InChI is InChI=1S/C12H18N4S.ClH.Cu/c1-4-16(5-2)12(17)15-14-10(3)11-8-6-7-9-13-11;;/h6-9H,4-5H2,1-3H3,(H,15,17);1H;/q;;+2. The first-order valence-electron chi connectivity index (χ1n) is 5.80. The van der Waals surface area contributed by atoms with Gasteiger partial charge in [-0.3, -0.25) is 4.98 Å². The van der Waals surface area contributed by atoms with Crippen LogP contribution in [0.5, 0.6) is 0 Å². The van der Waals surface area contributed by atoms with Crippen molar-refractivity contribution < 1.29 is 15.1 Å². The van der Waals surface area contributed by atoms with E-state index in [9.17, 15) is 0 Å². The van der Waals surface area contributed by atoms with Gasteiger partial charge in [0.25, 0.3) is 0 Å². The second kappa shape index (κ2) is 11.3. The van der Waals surface area contributed by atoms with Crippen LogP contribution in [-0.4, -0.2) is 33.9 Å². The van der Waals surface area contributed by atoms with E-state index in [1.165, 1.54) is 0 Å². The zero-order chi connectivity index (χ0) is 14.7. The summed E-state index contributed by atoms with van der Waals surface area (Å²) in [6.45, 7) is 7.85. The van der Waals surface area contributed by atoms with Crippen molar-refractivity contribution in [1.29, 1.82) is 0 Å². The molecular weight excluding hydrogens is 331 g/mol. The minimum absolute atomic E-state index is 0.741. The molecule has 1 aromatic rings. The molecule has 0 aliphatic heterocycles. The number of pyridine rings is 1. The molecule has 0 spiro atoms. The summed E-state index contributed by atoms with van der Waals surface area (Å²) >= 11 is 7.13. The number of amidine groups is 1. The molecule has 4 nitrogen and oxygen atoms in total. The predicted molar refractivity (Wildman–Crippen MR) is 82.8 cm³/mol. The Bertz CT molecular complexity index is 407. The zero-order valence-electron chi connectivity index (χ0n) is 11.2. The van der Waals surface area contributed by atoms with E-state index in [1.807, 2.05) is 25.1 Å². The summed E-state index contributed by atoms with van der Waals surface area (Å²) in [6.07, 6.45) is 1.75. The van der Waals surface area contributed by atoms with Gasteiger partial charge in [-0.15, -0.1) is 5.10 Å². The number of hydrogen-bond acceptors (Lipinski definition) is 3. The van der Waals surface area contributed by atoms with Crippen LogP contribution < -0.4 is 0 Å². The Morgan fingerprint density at radius 1 is 1.32 bits per heavy atom. The van der Waals surface area contributed by atoms with Crippen molar-refractivity contribution in [1.82, 2.24) is 9.88 Å². The molecule has 0 amide bonds. The molecule has 1 rings (SSSR count). The van der Waals surface area contributed by atoms with Gasteiger partial charge in [0.1, 0.15) is 0 Å². The third-order valence-electron chi connectivity index (χ3n) is 2.39. The van der Waals surface area contributed by atoms with Crippen LogP contribution in [0.1, 0.15) is 26.5 Å². The molecule has 7 heteroatoms. The summed E-state index contributed by atoms with van der Waals surface area (Å²) in [4.78, 5) is 6.29. The van der Waals surface area contributed by atoms with E-state index in [0.717, 1.165) is 29.7 Å². The Hall–Kier alpha value is -0.551. The number of hydrogen-bond donors (Lipinski definition) is 0. The summed E-state index contributed by atoms with van der Waals surface area (Å²) in [6, 6.07) is 5.73. The Morgan fingerprint density at radius 3 is 2.42 bits per heavy atom. The Labute approximate surface area is 132 Å². The van der Waals surface area contributed by atoms with Gasteiger partial charge in [0.15, 0.2) is 0 Å². The molecule has 0 saturated carbocycles. The Morgan fingerprint density at radius 2 is 1.95 bits per heavy atom. The minimum atomic E-state index is 0.741. The molecule has 0 atom stereocenters. The van der Waals surface area contributed by atoms with Crippen LogP contribution in [-0.2, 0) is 27.7 Å². The van der Waals surface area contributed by atoms with Crippen molar-refractivity contribution in [3.05, 3.63) is 30.1 Å². The van der Waals surface area contributed by atoms with Crippen LogP contribution in [0, 0.1) is 0 Å². The van der Waals surface area contributed by atoms with Crippen LogP contribution in [0.2, 0.25) is 0 Å². The molecular formula is C12H19ClCuN4S+2. The molecule has 1 aromatic heterocycles. The summed E-state index contributed by atoms with van der Waals surface area (Å²) in [5, 5.41) is 9.05. The number of halogens is 1. The monoisotopic (exact) mass is 349 g/mol. The van der Waals surface area contributed by atoms with Crippen molar-refractivity contribution in [3.63, 3.8) is 0 Å². The molecule has 0 saturated heterocycles. The first-order chi connectivity index (χ1) is 9.19. The Balaban J connectivity index is 0.00000154. The van der Waals surface area contributed by atoms with Crippen molar-refractivity contribution in [3.8, 4) is 0 Å². The predicted octanol–water partition coefficient (Wildman–Crippen LogP) is 2.20. The van der Waals surface area contributed by atoms with Gasteiger partial charge in [0, 0.05) is 31.9 Å². The normalized spacial score (nSPS) is 11.7. The second-order valence-electron chi connectivity index (χ2n) is 3.50. The average molecular weight is 350 g/mol. The SMILES string of the molecule is CCN(CC)C([SH2+])=NN=C(C)c1ccccn1.[Cl][Cu+]. The van der Waals surface area contributed by atoms with Crippen molar-refractivity contribution in [2.45, 2.75) is 20.8 Å². The van der Waals surface area contributed by atoms with Crippen molar-refractivity contribution in [2.75, 3.05) is 13.1 Å². The van der Waals surface area contributed by atoms with Crippen LogP contribution in [0.4, 0.5) is 0 Å². The van der Waals surface area contributed by atoms with Crippen LogP contribution in [0.25, 0.3) is 0 Å². The van der Waals surface area contributed by atoms with E-state index in [1.54, 1.807) is 6.20 Å². The topological polar surface area (TPSA) is 40.9 Å². The maximum atomic E-state index is 4.21. The van der Waals surface area contributed by atoms with E-state index in [2.05, 4.69) is 71.8 Å². The fraction of sp³-hybridized carbons (Fsp3) is 0.417. The van der Waals surface area contributed by atoms with Gasteiger partial charge in [-0.05, 0) is 32.9 Å². The molecule has 19 heavy (non-hydrogen) atoms. The molecule has 109 valence electrons. The molecule has 0 aliphatic carbocycles. The van der Waals surface area contributed by atoms with Gasteiger partial charge in [0.2, 0.25) is 0 Å². The third kappa shape index (κ3) is 6.97. The van der Waals surface area contributed by atoms with E-state index in [4.69, 9.17) is 0 Å². The van der Waals surface area contributed by atoms with E-state index in [-0.39, 0.29) is 0 Å². The van der Waals surface area contributed by atoms with Crippen LogP contribution in [0.3, 0.4) is 0 Å². The van der Waals surface area contributed by atoms with Crippen LogP contribution in [0.15, 0.2) is 34.6 Å². The fourth-order valence-corrected chi connectivity index (χ4v) is 1.70. The summed E-state index contributed by atoms with van der Waals surface area (Å²) in [5.41, 5.74) is 1.64. The molecule has 0 aromatic carbocycles. The third-order valence-corrected chi connectivity index (χ3v) is 2.81. The molecule has 0 N–H and O–H groups in total. The summed E-state index contributed by atoms with van der Waals surface area (Å²) in [7, 11) is 4.20. The number of rotatable bonds is 4. The molecule has 0 radical (unpaired) electrons. The quantitative estimate of drug-likeness (QED) is 0.275. The summed E-state index contributed by atoms with van der Waals surface area (Å²) in [5.74, 6) is 0. The number of aromatic nitrogens is 1. The number of nitrogens with zero attached hydrogens (tertiary/aromatic N) is 4. The average Bonchev–Trinajstić information content (AvgIpc) is 2.49. The molecule has 0 fully saturated rings.